The van der Waals surface area contributed by atoms with E-state index >= 15 is 0 Å². The first-order valence-corrected chi connectivity index (χ1v) is 6.95. The van der Waals surface area contributed by atoms with Gasteiger partial charge in [-0.2, -0.15) is 0 Å². The van der Waals surface area contributed by atoms with Crippen LogP contribution in [0.1, 0.15) is 31.5 Å². The van der Waals surface area contributed by atoms with Crippen LogP contribution >= 0.6 is 0 Å². The van der Waals surface area contributed by atoms with E-state index in [4.69, 9.17) is 9.72 Å². The monoisotopic (exact) mass is 258 g/mol. The van der Waals surface area contributed by atoms with Gasteiger partial charge in [0.25, 0.3) is 0 Å². The van der Waals surface area contributed by atoms with Gasteiger partial charge in [-0.05, 0) is 38.8 Å². The number of hydrogen-bond donors (Lipinski definition) is 1. The van der Waals surface area contributed by atoms with E-state index < -0.39 is 0 Å². The van der Waals surface area contributed by atoms with E-state index in [9.17, 15) is 0 Å². The maximum atomic E-state index is 5.68. The average Bonchev–Trinajstić information content (AvgIpc) is 2.41. The summed E-state index contributed by atoms with van der Waals surface area (Å²) in [5.74, 6) is 0.864. The summed E-state index contributed by atoms with van der Waals surface area (Å²) in [5.41, 5.74) is 4.41. The summed E-state index contributed by atoms with van der Waals surface area (Å²) in [6, 6.07) is 6.12. The zero-order valence-corrected chi connectivity index (χ0v) is 12.2. The largest absolute Gasteiger partial charge is 0.492 e. The normalized spacial score (nSPS) is 10.7. The van der Waals surface area contributed by atoms with Crippen LogP contribution in [0.4, 0.5) is 5.69 Å². The molecule has 19 heavy (non-hydrogen) atoms. The van der Waals surface area contributed by atoms with Gasteiger partial charge in [-0.25, -0.2) is 4.98 Å². The molecule has 0 aliphatic heterocycles. The molecule has 1 N–H and O–H groups in total. The molecule has 2 aromatic rings. The minimum atomic E-state index is 0.658. The van der Waals surface area contributed by atoms with Crippen LogP contribution in [-0.2, 0) is 0 Å². The fourth-order valence-electron chi connectivity index (χ4n) is 2.22. The molecule has 0 spiro atoms. The molecule has 1 aromatic heterocycles. The molecule has 0 radical (unpaired) electrons. The molecule has 0 unspecified atom stereocenters. The Kier molecular flexibility index (Phi) is 4.25. The number of ether oxygens (including phenoxy) is 1. The predicted octanol–water partition coefficient (Wildman–Crippen LogP) is 4.07. The number of anilines is 1. The zero-order valence-electron chi connectivity index (χ0n) is 12.2. The van der Waals surface area contributed by atoms with Gasteiger partial charge in [0.1, 0.15) is 11.3 Å². The lowest BCUT2D eigenvalue weighted by Gasteiger charge is -2.16. The van der Waals surface area contributed by atoms with Crippen LogP contribution in [0.2, 0.25) is 0 Å². The van der Waals surface area contributed by atoms with Gasteiger partial charge in [-0.3, -0.25) is 0 Å². The van der Waals surface area contributed by atoms with Crippen LogP contribution in [0.3, 0.4) is 0 Å². The van der Waals surface area contributed by atoms with Gasteiger partial charge in [0.15, 0.2) is 0 Å². The lowest BCUT2D eigenvalue weighted by atomic mass is 10.1. The summed E-state index contributed by atoms with van der Waals surface area (Å²) in [6.07, 6.45) is 1.10. The Morgan fingerprint density at radius 3 is 2.68 bits per heavy atom. The number of nitrogens with one attached hydrogen (secondary N) is 1. The predicted molar refractivity (Wildman–Crippen MR) is 81.2 cm³/mol. The molecule has 0 saturated carbocycles. The van der Waals surface area contributed by atoms with Crippen LogP contribution < -0.4 is 10.1 Å². The van der Waals surface area contributed by atoms with Crippen molar-refractivity contribution >= 4 is 16.6 Å². The second-order valence-electron chi connectivity index (χ2n) is 4.71. The zero-order chi connectivity index (χ0) is 13.8. The second-order valence-corrected chi connectivity index (χ2v) is 4.71. The summed E-state index contributed by atoms with van der Waals surface area (Å²) < 4.78 is 5.68. The van der Waals surface area contributed by atoms with Gasteiger partial charge in [-0.15, -0.1) is 0 Å². The average molecular weight is 258 g/mol. The third kappa shape index (κ3) is 2.65. The van der Waals surface area contributed by atoms with Gasteiger partial charge >= 0.3 is 0 Å². The van der Waals surface area contributed by atoms with Crippen LogP contribution in [-0.4, -0.2) is 18.1 Å². The van der Waals surface area contributed by atoms with E-state index in [0.29, 0.717) is 6.61 Å². The Morgan fingerprint density at radius 2 is 2.00 bits per heavy atom. The van der Waals surface area contributed by atoms with E-state index in [1.165, 1.54) is 11.3 Å². The van der Waals surface area contributed by atoms with Crippen molar-refractivity contribution < 1.29 is 4.74 Å². The van der Waals surface area contributed by atoms with E-state index in [0.717, 1.165) is 35.3 Å². The van der Waals surface area contributed by atoms with E-state index in [2.05, 4.69) is 32.2 Å². The topological polar surface area (TPSA) is 34.2 Å². The van der Waals surface area contributed by atoms with Crippen molar-refractivity contribution in [3.05, 3.63) is 29.5 Å². The number of nitrogens with zero attached hydrogens (tertiary/aromatic N) is 1. The first-order chi connectivity index (χ1) is 9.19. The fraction of sp³-hybridized carbons (Fsp3) is 0.438. The van der Waals surface area contributed by atoms with Gasteiger partial charge in [0.2, 0.25) is 0 Å². The van der Waals surface area contributed by atoms with Crippen LogP contribution in [0, 0.1) is 13.8 Å². The van der Waals surface area contributed by atoms with Crippen molar-refractivity contribution in [2.75, 3.05) is 18.5 Å². The summed E-state index contributed by atoms with van der Waals surface area (Å²) in [5, 5.41) is 4.66. The number of rotatable bonds is 5. The Morgan fingerprint density at radius 1 is 1.21 bits per heavy atom. The summed E-state index contributed by atoms with van der Waals surface area (Å²) in [6.45, 7) is 9.96. The van der Waals surface area contributed by atoms with Crippen molar-refractivity contribution in [2.45, 2.75) is 34.1 Å². The molecular formula is C16H22N2O. The first-order valence-electron chi connectivity index (χ1n) is 6.95. The van der Waals surface area contributed by atoms with Crippen molar-refractivity contribution in [2.24, 2.45) is 0 Å². The highest BCUT2D eigenvalue weighted by molar-refractivity contribution is 5.96. The Balaban J connectivity index is 2.64. The SMILES string of the molecule is CCCNc1c(C)c(C)nc2c(OCC)cccc12. The molecule has 0 saturated heterocycles. The summed E-state index contributed by atoms with van der Waals surface area (Å²) in [4.78, 5) is 4.70. The molecule has 1 heterocycles. The Bertz CT molecular complexity index is 578. The highest BCUT2D eigenvalue weighted by Crippen LogP contribution is 2.32. The lowest BCUT2D eigenvalue weighted by molar-refractivity contribution is 0.343. The molecule has 0 aliphatic rings. The maximum Gasteiger partial charge on any atom is 0.145 e. The molecule has 3 heteroatoms. The van der Waals surface area contributed by atoms with Gasteiger partial charge in [0, 0.05) is 23.3 Å². The lowest BCUT2D eigenvalue weighted by Crippen LogP contribution is -2.05. The van der Waals surface area contributed by atoms with Gasteiger partial charge < -0.3 is 10.1 Å². The molecular weight excluding hydrogens is 236 g/mol. The van der Waals surface area contributed by atoms with Crippen molar-refractivity contribution in [1.29, 1.82) is 0 Å². The smallest absolute Gasteiger partial charge is 0.145 e. The number of pyridine rings is 1. The number of aryl methyl sites for hydroxylation is 1. The Labute approximate surface area is 115 Å². The second kappa shape index (κ2) is 5.91. The molecule has 2 rings (SSSR count). The Hall–Kier alpha value is -1.77. The maximum absolute atomic E-state index is 5.68. The van der Waals surface area contributed by atoms with Gasteiger partial charge in [0.05, 0.1) is 6.61 Å². The number of benzene rings is 1. The molecule has 0 fully saturated rings. The minimum Gasteiger partial charge on any atom is -0.492 e. The van der Waals surface area contributed by atoms with Gasteiger partial charge in [-0.1, -0.05) is 19.1 Å². The fourth-order valence-corrected chi connectivity index (χ4v) is 2.22. The van der Waals surface area contributed by atoms with E-state index in [-0.39, 0.29) is 0 Å². The molecule has 1 aromatic carbocycles. The number of fused-ring (bicyclic) bond motifs is 1. The van der Waals surface area contributed by atoms with Crippen molar-refractivity contribution in [3.8, 4) is 5.75 Å². The van der Waals surface area contributed by atoms with Crippen LogP contribution in [0.15, 0.2) is 18.2 Å². The third-order valence-corrected chi connectivity index (χ3v) is 3.32. The quantitative estimate of drug-likeness (QED) is 0.877. The first kappa shape index (κ1) is 13.7. The molecule has 0 aliphatic carbocycles. The minimum absolute atomic E-state index is 0.658. The van der Waals surface area contributed by atoms with Crippen LogP contribution in [0.5, 0.6) is 5.75 Å². The molecule has 0 amide bonds. The summed E-state index contributed by atoms with van der Waals surface area (Å²) in [7, 11) is 0. The summed E-state index contributed by atoms with van der Waals surface area (Å²) >= 11 is 0. The highest BCUT2D eigenvalue weighted by Gasteiger charge is 2.12. The molecule has 0 bridgehead atoms. The van der Waals surface area contributed by atoms with Crippen molar-refractivity contribution in [3.63, 3.8) is 0 Å². The highest BCUT2D eigenvalue weighted by atomic mass is 16.5. The van der Waals surface area contributed by atoms with Crippen LogP contribution in [0.25, 0.3) is 10.9 Å². The third-order valence-electron chi connectivity index (χ3n) is 3.32. The molecule has 3 nitrogen and oxygen atoms in total. The molecule has 0 atom stereocenters. The number of aromatic nitrogens is 1. The van der Waals surface area contributed by atoms with Crippen molar-refractivity contribution in [1.82, 2.24) is 4.98 Å². The number of hydrogen-bond acceptors (Lipinski definition) is 3. The van der Waals surface area contributed by atoms with E-state index in [1.54, 1.807) is 0 Å². The van der Waals surface area contributed by atoms with E-state index in [1.807, 2.05) is 19.1 Å². The number of para-hydroxylation sites is 1. The molecule has 102 valence electrons. The standard InChI is InChI=1S/C16H22N2O/c1-5-10-17-15-11(3)12(4)18-16-13(15)8-7-9-14(16)19-6-2/h7-9H,5-6,10H2,1-4H3,(H,17,18).